The first-order valence-corrected chi connectivity index (χ1v) is 6.23. The highest BCUT2D eigenvalue weighted by molar-refractivity contribution is 4.85. The fourth-order valence-corrected chi connectivity index (χ4v) is 2.02. The summed E-state index contributed by atoms with van der Waals surface area (Å²) in [7, 11) is 0. The molecule has 0 aromatic carbocycles. The van der Waals surface area contributed by atoms with Gasteiger partial charge in [0, 0.05) is 0 Å². The van der Waals surface area contributed by atoms with Crippen molar-refractivity contribution in [1.82, 2.24) is 0 Å². The molecule has 2 rings (SSSR count). The van der Waals surface area contributed by atoms with Gasteiger partial charge in [-0.15, -0.1) is 0 Å². The van der Waals surface area contributed by atoms with E-state index in [9.17, 15) is 0 Å². The highest BCUT2D eigenvalue weighted by Gasteiger charge is 2.39. The monoisotopic (exact) mass is 214 g/mol. The third-order valence-electron chi connectivity index (χ3n) is 3.04. The second kappa shape index (κ2) is 5.28. The molecule has 2 saturated heterocycles. The van der Waals surface area contributed by atoms with Crippen LogP contribution in [0.1, 0.15) is 39.5 Å². The summed E-state index contributed by atoms with van der Waals surface area (Å²) in [5.41, 5.74) is 0. The van der Waals surface area contributed by atoms with Gasteiger partial charge < -0.3 is 14.2 Å². The average Bonchev–Trinajstić information content (AvgIpc) is 3.05. The molecule has 15 heavy (non-hydrogen) atoms. The van der Waals surface area contributed by atoms with Crippen LogP contribution in [0.15, 0.2) is 0 Å². The molecule has 0 saturated carbocycles. The minimum Gasteiger partial charge on any atom is -0.370 e. The fraction of sp³-hybridized carbons (Fsp3) is 1.00. The van der Waals surface area contributed by atoms with Crippen molar-refractivity contribution in [2.75, 3.05) is 13.2 Å². The summed E-state index contributed by atoms with van der Waals surface area (Å²) in [6, 6.07) is 0. The molecule has 0 spiro atoms. The van der Waals surface area contributed by atoms with E-state index in [0.717, 1.165) is 38.9 Å². The lowest BCUT2D eigenvalue weighted by atomic mass is 10.1. The SMILES string of the molecule is CCCC(OC(CCC)C1CO1)C1CO1. The molecule has 3 nitrogen and oxygen atoms in total. The van der Waals surface area contributed by atoms with Crippen LogP contribution in [0.25, 0.3) is 0 Å². The van der Waals surface area contributed by atoms with Crippen LogP contribution in [0, 0.1) is 0 Å². The van der Waals surface area contributed by atoms with E-state index in [-0.39, 0.29) is 0 Å². The van der Waals surface area contributed by atoms with E-state index in [2.05, 4.69) is 13.8 Å². The standard InChI is InChI=1S/C12H22O3/c1-3-5-9(11-7-13-11)15-10(6-4-2)12-8-14-12/h9-12H,3-8H2,1-2H3. The Hall–Kier alpha value is -0.120. The van der Waals surface area contributed by atoms with Gasteiger partial charge in [0.15, 0.2) is 0 Å². The maximum Gasteiger partial charge on any atom is 0.107 e. The topological polar surface area (TPSA) is 34.3 Å². The molecule has 2 aliphatic rings. The molecule has 3 heteroatoms. The zero-order chi connectivity index (χ0) is 10.7. The molecule has 0 amide bonds. The van der Waals surface area contributed by atoms with Crippen LogP contribution in [0.2, 0.25) is 0 Å². The van der Waals surface area contributed by atoms with E-state index in [4.69, 9.17) is 14.2 Å². The van der Waals surface area contributed by atoms with Gasteiger partial charge in [-0.25, -0.2) is 0 Å². The van der Waals surface area contributed by atoms with Crippen molar-refractivity contribution in [3.05, 3.63) is 0 Å². The van der Waals surface area contributed by atoms with Crippen LogP contribution >= 0.6 is 0 Å². The Morgan fingerprint density at radius 2 is 1.40 bits per heavy atom. The third kappa shape index (κ3) is 3.44. The molecule has 2 fully saturated rings. The first-order chi connectivity index (χ1) is 7.35. The maximum absolute atomic E-state index is 6.13. The molecule has 0 aromatic heterocycles. The molecule has 0 aromatic rings. The molecule has 88 valence electrons. The number of ether oxygens (including phenoxy) is 3. The van der Waals surface area contributed by atoms with Crippen LogP contribution in [0.3, 0.4) is 0 Å². The number of rotatable bonds is 8. The predicted octanol–water partition coefficient (Wildman–Crippen LogP) is 2.14. The molecule has 0 aliphatic carbocycles. The van der Waals surface area contributed by atoms with Crippen molar-refractivity contribution in [3.63, 3.8) is 0 Å². The van der Waals surface area contributed by atoms with Crippen molar-refractivity contribution in [3.8, 4) is 0 Å². The lowest BCUT2D eigenvalue weighted by Gasteiger charge is -2.22. The van der Waals surface area contributed by atoms with Gasteiger partial charge >= 0.3 is 0 Å². The lowest BCUT2D eigenvalue weighted by Crippen LogP contribution is -2.30. The molecule has 0 bridgehead atoms. The molecular weight excluding hydrogens is 192 g/mol. The number of hydrogen-bond acceptors (Lipinski definition) is 3. The summed E-state index contributed by atoms with van der Waals surface area (Å²) >= 11 is 0. The van der Waals surface area contributed by atoms with E-state index < -0.39 is 0 Å². The molecule has 4 atom stereocenters. The van der Waals surface area contributed by atoms with Crippen molar-refractivity contribution >= 4 is 0 Å². The largest absolute Gasteiger partial charge is 0.370 e. The number of hydrogen-bond donors (Lipinski definition) is 0. The highest BCUT2D eigenvalue weighted by atomic mass is 16.6. The van der Waals surface area contributed by atoms with Gasteiger partial charge in [0.25, 0.3) is 0 Å². The van der Waals surface area contributed by atoms with Crippen LogP contribution in [-0.2, 0) is 14.2 Å². The summed E-state index contributed by atoms with van der Waals surface area (Å²) in [5.74, 6) is 0. The second-order valence-electron chi connectivity index (χ2n) is 4.53. The summed E-state index contributed by atoms with van der Waals surface area (Å²) < 4.78 is 16.8. The Kier molecular flexibility index (Phi) is 4.00. The Bertz CT molecular complexity index is 167. The van der Waals surface area contributed by atoms with Crippen LogP contribution in [0.5, 0.6) is 0 Å². The first-order valence-electron chi connectivity index (χ1n) is 6.23. The van der Waals surface area contributed by atoms with Gasteiger partial charge in [-0.2, -0.15) is 0 Å². The Morgan fingerprint density at radius 3 is 1.67 bits per heavy atom. The van der Waals surface area contributed by atoms with E-state index in [1.54, 1.807) is 0 Å². The Labute approximate surface area is 92.1 Å². The average molecular weight is 214 g/mol. The normalized spacial score (nSPS) is 32.4. The molecular formula is C12H22O3. The van der Waals surface area contributed by atoms with Crippen LogP contribution < -0.4 is 0 Å². The zero-order valence-electron chi connectivity index (χ0n) is 9.78. The van der Waals surface area contributed by atoms with Gasteiger partial charge in [0.05, 0.1) is 25.4 Å². The number of epoxide rings is 2. The van der Waals surface area contributed by atoms with Crippen molar-refractivity contribution < 1.29 is 14.2 Å². The maximum atomic E-state index is 6.13. The molecule has 0 N–H and O–H groups in total. The Morgan fingerprint density at radius 1 is 1.00 bits per heavy atom. The molecule has 4 unspecified atom stereocenters. The summed E-state index contributed by atoms with van der Waals surface area (Å²) in [4.78, 5) is 0. The molecule has 0 radical (unpaired) electrons. The Balaban J connectivity index is 1.78. The minimum absolute atomic E-state index is 0.302. The first kappa shape index (κ1) is 11.4. The summed E-state index contributed by atoms with van der Waals surface area (Å²) in [6.07, 6.45) is 5.87. The molecule has 2 heterocycles. The smallest absolute Gasteiger partial charge is 0.107 e. The van der Waals surface area contributed by atoms with Gasteiger partial charge in [0.1, 0.15) is 12.2 Å². The van der Waals surface area contributed by atoms with Gasteiger partial charge in [-0.1, -0.05) is 26.7 Å². The predicted molar refractivity (Wildman–Crippen MR) is 58.0 cm³/mol. The van der Waals surface area contributed by atoms with Crippen LogP contribution in [0.4, 0.5) is 0 Å². The van der Waals surface area contributed by atoms with E-state index in [1.165, 1.54) is 0 Å². The highest BCUT2D eigenvalue weighted by Crippen LogP contribution is 2.28. The fourth-order valence-electron chi connectivity index (χ4n) is 2.02. The zero-order valence-corrected chi connectivity index (χ0v) is 9.78. The summed E-state index contributed by atoms with van der Waals surface area (Å²) in [6.45, 7) is 6.16. The van der Waals surface area contributed by atoms with Gasteiger partial charge in [-0.05, 0) is 12.8 Å². The quantitative estimate of drug-likeness (QED) is 0.580. The van der Waals surface area contributed by atoms with Crippen LogP contribution in [-0.4, -0.2) is 37.6 Å². The van der Waals surface area contributed by atoms with Gasteiger partial charge in [-0.3, -0.25) is 0 Å². The van der Waals surface area contributed by atoms with E-state index >= 15 is 0 Å². The third-order valence-corrected chi connectivity index (χ3v) is 3.04. The van der Waals surface area contributed by atoms with Crippen molar-refractivity contribution in [2.24, 2.45) is 0 Å². The lowest BCUT2D eigenvalue weighted by molar-refractivity contribution is -0.0454. The molecule has 2 aliphatic heterocycles. The van der Waals surface area contributed by atoms with E-state index in [1.807, 2.05) is 0 Å². The summed E-state index contributed by atoms with van der Waals surface area (Å²) in [5, 5.41) is 0. The minimum atomic E-state index is 0.302. The second-order valence-corrected chi connectivity index (χ2v) is 4.53. The van der Waals surface area contributed by atoms with Crippen molar-refractivity contribution in [2.45, 2.75) is 63.9 Å². The van der Waals surface area contributed by atoms with E-state index in [0.29, 0.717) is 24.4 Å². The van der Waals surface area contributed by atoms with Gasteiger partial charge in [0.2, 0.25) is 0 Å². The van der Waals surface area contributed by atoms with Crippen molar-refractivity contribution in [1.29, 1.82) is 0 Å².